The Morgan fingerprint density at radius 3 is 1.40 bits per heavy atom. The molecule has 0 radical (unpaired) electrons. The fourth-order valence-corrected chi connectivity index (χ4v) is 4.06. The van der Waals surface area contributed by atoms with Crippen molar-refractivity contribution in [2.24, 2.45) is 0 Å². The molecule has 0 rings (SSSR count). The average molecular weight is 419 g/mol. The first-order valence-electron chi connectivity index (χ1n) is 8.68. The predicted molar refractivity (Wildman–Crippen MR) is 102 cm³/mol. The molecule has 0 amide bonds. The zero-order valence-electron chi connectivity index (χ0n) is 16.1. The molecule has 25 heavy (non-hydrogen) atoms. The van der Waals surface area contributed by atoms with Gasteiger partial charge in [-0.1, -0.05) is 0 Å². The molecule has 2 unspecified atom stereocenters. The highest BCUT2D eigenvalue weighted by Gasteiger charge is 2.49. The SMILES string of the molecule is CCOC(=O)CC[N+](Cl)(S[N+](Cl)(CCC(=O)OCC)C(C)C)C(C)C. The Labute approximate surface area is 166 Å². The van der Waals surface area contributed by atoms with Crippen molar-refractivity contribution in [2.45, 2.75) is 66.5 Å². The predicted octanol–water partition coefficient (Wildman–Crippen LogP) is 4.21. The van der Waals surface area contributed by atoms with Crippen molar-refractivity contribution in [1.82, 2.24) is 0 Å². The summed E-state index contributed by atoms with van der Waals surface area (Å²) in [7, 11) is 0. The van der Waals surface area contributed by atoms with Crippen LogP contribution in [-0.2, 0) is 19.1 Å². The fourth-order valence-electron chi connectivity index (χ4n) is 1.97. The van der Waals surface area contributed by atoms with Crippen LogP contribution in [0.15, 0.2) is 0 Å². The molecule has 0 N–H and O–H groups in total. The summed E-state index contributed by atoms with van der Waals surface area (Å²) in [5, 5.41) is 0. The van der Waals surface area contributed by atoms with Crippen LogP contribution in [0.5, 0.6) is 0 Å². The number of halogens is 2. The Morgan fingerprint density at radius 1 is 0.840 bits per heavy atom. The van der Waals surface area contributed by atoms with Crippen LogP contribution in [0.25, 0.3) is 0 Å². The van der Waals surface area contributed by atoms with Gasteiger partial charge in [-0.05, 0) is 41.5 Å². The van der Waals surface area contributed by atoms with Crippen molar-refractivity contribution in [3.05, 3.63) is 0 Å². The van der Waals surface area contributed by atoms with E-state index in [1.807, 2.05) is 27.7 Å². The number of quaternary nitrogens is 2. The average Bonchev–Trinajstić information content (AvgIpc) is 2.51. The van der Waals surface area contributed by atoms with Crippen LogP contribution in [-0.4, -0.2) is 57.1 Å². The Morgan fingerprint density at radius 2 is 1.16 bits per heavy atom. The molecule has 0 saturated heterocycles. The fraction of sp³-hybridized carbons (Fsp3) is 0.875. The van der Waals surface area contributed by atoms with Crippen LogP contribution in [0, 0.1) is 0 Å². The molecule has 0 aliphatic carbocycles. The molecule has 0 aliphatic heterocycles. The van der Waals surface area contributed by atoms with E-state index in [0.29, 0.717) is 26.3 Å². The van der Waals surface area contributed by atoms with Crippen LogP contribution in [0.1, 0.15) is 54.4 Å². The van der Waals surface area contributed by atoms with Crippen LogP contribution in [0.2, 0.25) is 0 Å². The smallest absolute Gasteiger partial charge is 0.364 e. The highest BCUT2D eigenvalue weighted by Crippen LogP contribution is 2.43. The molecule has 0 aliphatic rings. The van der Waals surface area contributed by atoms with E-state index in [4.69, 9.17) is 33.0 Å². The van der Waals surface area contributed by atoms with Gasteiger partial charge >= 0.3 is 24.1 Å². The summed E-state index contributed by atoms with van der Waals surface area (Å²) in [6.07, 6.45) is 0.408. The molecule has 0 fully saturated rings. The molecular weight excluding hydrogens is 387 g/mol. The normalized spacial score (nSPS) is 16.4. The van der Waals surface area contributed by atoms with Gasteiger partial charge in [-0.15, -0.1) is 6.81 Å². The van der Waals surface area contributed by atoms with E-state index in [1.165, 1.54) is 12.1 Å². The first-order valence-corrected chi connectivity index (χ1v) is 10.1. The van der Waals surface area contributed by atoms with Gasteiger partial charge in [-0.3, -0.25) is 9.59 Å². The summed E-state index contributed by atoms with van der Waals surface area (Å²) in [6.45, 7) is 12.9. The number of hydrogen-bond acceptors (Lipinski definition) is 5. The summed E-state index contributed by atoms with van der Waals surface area (Å²) in [5.41, 5.74) is 0. The van der Waals surface area contributed by atoms with E-state index in [1.54, 1.807) is 13.8 Å². The summed E-state index contributed by atoms with van der Waals surface area (Å²) in [6, 6.07) is 0.0253. The Kier molecular flexibility index (Phi) is 11.4. The second-order valence-corrected chi connectivity index (χ2v) is 9.31. The third-order valence-electron chi connectivity index (χ3n) is 3.67. The van der Waals surface area contributed by atoms with Crippen molar-refractivity contribution in [2.75, 3.05) is 26.3 Å². The standard InChI is InChI=1S/C16H32Cl2N2O4S/c1-7-23-15(21)9-11-19(17,13(3)4)25-20(18,14(5)6)12-10-16(22)24-8-2/h13-14H,7-12H2,1-6H3/q+2. The van der Waals surface area contributed by atoms with E-state index in [2.05, 4.69) is 0 Å². The molecule has 2 atom stereocenters. The van der Waals surface area contributed by atoms with Crippen LogP contribution in [0.4, 0.5) is 0 Å². The van der Waals surface area contributed by atoms with Crippen molar-refractivity contribution < 1.29 is 25.9 Å². The van der Waals surface area contributed by atoms with Crippen molar-refractivity contribution >= 4 is 47.6 Å². The topological polar surface area (TPSA) is 52.6 Å². The van der Waals surface area contributed by atoms with Gasteiger partial charge < -0.3 is 9.47 Å². The third kappa shape index (κ3) is 8.82. The van der Waals surface area contributed by atoms with Gasteiger partial charge in [-0.2, -0.15) is 0 Å². The molecule has 9 heteroatoms. The maximum Gasteiger partial charge on any atom is 0.364 e. The van der Waals surface area contributed by atoms with E-state index in [0.717, 1.165) is 0 Å². The summed E-state index contributed by atoms with van der Waals surface area (Å²) in [5.74, 6) is -0.564. The minimum absolute atomic E-state index is 0.0127. The monoisotopic (exact) mass is 418 g/mol. The lowest BCUT2D eigenvalue weighted by Crippen LogP contribution is -2.50. The molecule has 0 aromatic heterocycles. The minimum Gasteiger partial charge on any atom is -0.466 e. The second kappa shape index (κ2) is 11.5. The number of rotatable bonds is 12. The van der Waals surface area contributed by atoms with E-state index in [9.17, 15) is 9.59 Å². The first kappa shape index (κ1) is 24.8. The number of ether oxygens (including phenoxy) is 2. The number of carbonyl (C=O) groups is 2. The molecule has 0 bridgehead atoms. The number of esters is 2. The first-order chi connectivity index (χ1) is 11.5. The molecule has 6 nitrogen and oxygen atoms in total. The van der Waals surface area contributed by atoms with Crippen LogP contribution >= 0.6 is 35.7 Å². The largest absolute Gasteiger partial charge is 0.466 e. The zero-order valence-corrected chi connectivity index (χ0v) is 18.4. The summed E-state index contributed by atoms with van der Waals surface area (Å²) in [4.78, 5) is 23.4. The van der Waals surface area contributed by atoms with Crippen molar-refractivity contribution in [3.8, 4) is 0 Å². The molecule has 0 heterocycles. The number of carbonyl (C=O) groups excluding carboxylic acids is 2. The molecule has 148 valence electrons. The van der Waals surface area contributed by atoms with Crippen molar-refractivity contribution in [3.63, 3.8) is 0 Å². The lowest BCUT2D eigenvalue weighted by Gasteiger charge is -2.36. The second-order valence-electron chi connectivity index (χ2n) is 6.23. The van der Waals surface area contributed by atoms with Crippen molar-refractivity contribution in [1.29, 1.82) is 0 Å². The third-order valence-corrected chi connectivity index (χ3v) is 6.91. The maximum absolute atomic E-state index is 11.7. The van der Waals surface area contributed by atoms with Gasteiger partial charge in [0.15, 0.2) is 23.6 Å². The van der Waals surface area contributed by atoms with Crippen LogP contribution < -0.4 is 0 Å². The summed E-state index contributed by atoms with van der Waals surface area (Å²) >= 11 is 14.9. The zero-order chi connectivity index (χ0) is 19.7. The number of nitrogens with zero attached hydrogens (tertiary/aromatic N) is 2. The highest BCUT2D eigenvalue weighted by molar-refractivity contribution is 7.89. The van der Waals surface area contributed by atoms with E-state index in [-0.39, 0.29) is 43.7 Å². The highest BCUT2D eigenvalue weighted by atomic mass is 35.5. The minimum atomic E-state index is -0.282. The quantitative estimate of drug-likeness (QED) is 0.269. The molecule has 0 aromatic carbocycles. The van der Waals surface area contributed by atoms with Gasteiger partial charge in [0.1, 0.15) is 25.2 Å². The van der Waals surface area contributed by atoms with Gasteiger partial charge in [-0.25, -0.2) is 0 Å². The Bertz CT molecular complexity index is 402. The van der Waals surface area contributed by atoms with E-state index >= 15 is 0 Å². The van der Waals surface area contributed by atoms with Gasteiger partial charge in [0.05, 0.1) is 26.1 Å². The molecule has 0 aromatic rings. The maximum atomic E-state index is 11.7. The van der Waals surface area contributed by atoms with E-state index < -0.39 is 0 Å². The van der Waals surface area contributed by atoms with Gasteiger partial charge in [0, 0.05) is 0 Å². The Balaban J connectivity index is 5.10. The Hall–Kier alpha value is -0.210. The molecule has 0 spiro atoms. The number of hydrogen-bond donors (Lipinski definition) is 0. The van der Waals surface area contributed by atoms with Gasteiger partial charge in [0.25, 0.3) is 0 Å². The lowest BCUT2D eigenvalue weighted by atomic mass is 10.3. The molecular formula is C16H32Cl2N2O4S+2. The summed E-state index contributed by atoms with van der Waals surface area (Å²) < 4.78 is 10.0. The lowest BCUT2D eigenvalue weighted by molar-refractivity contribution is -0.783. The van der Waals surface area contributed by atoms with Gasteiger partial charge in [0.2, 0.25) is 0 Å². The van der Waals surface area contributed by atoms with Crippen LogP contribution in [0.3, 0.4) is 0 Å². The molecule has 0 saturated carbocycles.